The Bertz CT molecular complexity index is 2060. The monoisotopic (exact) mass is 559 g/mol. The van der Waals surface area contributed by atoms with E-state index < -0.39 is 5.82 Å². The zero-order chi connectivity index (χ0) is 27.9. The Morgan fingerprint density at radius 1 is 1.00 bits per heavy atom. The van der Waals surface area contributed by atoms with Gasteiger partial charge in [0.15, 0.2) is 5.82 Å². The molecule has 2 aromatic carbocycles. The molecule has 0 atom stereocenters. The van der Waals surface area contributed by atoms with Crippen LogP contribution in [-0.4, -0.2) is 36.0 Å². The van der Waals surface area contributed by atoms with Gasteiger partial charge in [-0.05, 0) is 42.8 Å². The van der Waals surface area contributed by atoms with Crippen molar-refractivity contribution >= 4 is 44.9 Å². The minimum absolute atomic E-state index is 0.181. The topological polar surface area (TPSA) is 112 Å². The molecule has 0 aliphatic carbocycles. The number of fused-ring (bicyclic) bond motifs is 2. The maximum Gasteiger partial charge on any atom is 0.228 e. The summed E-state index contributed by atoms with van der Waals surface area (Å²) in [6.45, 7) is 2.06. The molecule has 0 bridgehead atoms. The predicted molar refractivity (Wildman–Crippen MR) is 159 cm³/mol. The van der Waals surface area contributed by atoms with Gasteiger partial charge in [0.05, 0.1) is 34.2 Å². The molecule has 5 heterocycles. The third-order valence-electron chi connectivity index (χ3n) is 6.79. The van der Waals surface area contributed by atoms with Gasteiger partial charge in [-0.15, -0.1) is 11.3 Å². The van der Waals surface area contributed by atoms with E-state index in [2.05, 4.69) is 43.5 Å². The van der Waals surface area contributed by atoms with Crippen LogP contribution in [0.5, 0.6) is 0 Å². The number of nitrogens with zero attached hydrogens (tertiary/aromatic N) is 4. The quantitative estimate of drug-likeness (QED) is 0.205. The van der Waals surface area contributed by atoms with Crippen LogP contribution >= 0.6 is 11.3 Å². The van der Waals surface area contributed by atoms with Crippen LogP contribution in [0.2, 0.25) is 0 Å². The highest BCUT2D eigenvalue weighted by Gasteiger charge is 2.19. The second-order valence-corrected chi connectivity index (χ2v) is 11.0. The number of aromatic nitrogens is 6. The van der Waals surface area contributed by atoms with Crippen LogP contribution in [0.1, 0.15) is 10.4 Å². The fraction of sp³-hybridized carbons (Fsp3) is 0.0645. The van der Waals surface area contributed by atoms with Gasteiger partial charge in [-0.2, -0.15) is 5.10 Å². The number of thiophene rings is 1. The number of carbonyl (C=O) groups excluding carboxylic acids is 1. The Morgan fingerprint density at radius 3 is 2.71 bits per heavy atom. The van der Waals surface area contributed by atoms with Crippen LogP contribution in [0.15, 0.2) is 85.3 Å². The number of hydrogen-bond donors (Lipinski definition) is 3. The number of amides is 1. The Labute approximate surface area is 237 Å². The summed E-state index contributed by atoms with van der Waals surface area (Å²) in [6.07, 6.45) is 5.09. The van der Waals surface area contributed by atoms with E-state index in [0.717, 1.165) is 27.2 Å². The normalized spacial score (nSPS) is 11.4. The van der Waals surface area contributed by atoms with Crippen molar-refractivity contribution < 1.29 is 9.18 Å². The highest BCUT2D eigenvalue weighted by molar-refractivity contribution is 7.15. The molecular weight excluding hydrogens is 537 g/mol. The first kappa shape index (κ1) is 24.8. The standard InChI is InChI=1S/C31H22FN7OS/c1-17-7-8-26(41-17)30-29-24(9-10-34-30)36-31(37-29)28-22-13-21(23(32)14-25(22)38-39-28)19-12-20(16-33-15-19)35-27(40)11-18-5-3-2-4-6-18/h2-10,12-16H,11H2,1H3,(H,35,40)(H,36,37)(H,38,39). The van der Waals surface area contributed by atoms with E-state index in [4.69, 9.17) is 4.98 Å². The van der Waals surface area contributed by atoms with Crippen LogP contribution in [0, 0.1) is 12.7 Å². The summed E-state index contributed by atoms with van der Waals surface area (Å²) < 4.78 is 15.3. The second-order valence-electron chi connectivity index (χ2n) is 9.67. The third-order valence-corrected chi connectivity index (χ3v) is 7.80. The lowest BCUT2D eigenvalue weighted by atomic mass is 10.0. The van der Waals surface area contributed by atoms with Crippen molar-refractivity contribution in [3.8, 4) is 33.2 Å². The Hall–Kier alpha value is -5.22. The van der Waals surface area contributed by atoms with Gasteiger partial charge in [-0.3, -0.25) is 19.9 Å². The number of rotatable bonds is 6. The summed E-state index contributed by atoms with van der Waals surface area (Å²) in [5, 5.41) is 10.9. The maximum atomic E-state index is 15.3. The molecule has 0 aliphatic heterocycles. The van der Waals surface area contributed by atoms with Gasteiger partial charge in [0, 0.05) is 39.9 Å². The molecule has 7 rings (SSSR count). The zero-order valence-electron chi connectivity index (χ0n) is 21.8. The van der Waals surface area contributed by atoms with E-state index in [-0.39, 0.29) is 12.3 Å². The minimum atomic E-state index is -0.439. The highest BCUT2D eigenvalue weighted by Crippen LogP contribution is 2.35. The SMILES string of the molecule is Cc1ccc(-c2nccc3[nH]c(-c4n[nH]c5cc(F)c(-c6cncc(NC(=O)Cc7ccccc7)c6)cc45)nc23)s1. The van der Waals surface area contributed by atoms with E-state index in [1.54, 1.807) is 42.1 Å². The number of anilines is 1. The van der Waals surface area contributed by atoms with Gasteiger partial charge in [0.2, 0.25) is 5.91 Å². The molecule has 0 fully saturated rings. The maximum absolute atomic E-state index is 15.3. The van der Waals surface area contributed by atoms with Crippen molar-refractivity contribution in [2.75, 3.05) is 5.32 Å². The highest BCUT2D eigenvalue weighted by atomic mass is 32.1. The molecule has 8 nitrogen and oxygen atoms in total. The van der Waals surface area contributed by atoms with Gasteiger partial charge < -0.3 is 10.3 Å². The van der Waals surface area contributed by atoms with Gasteiger partial charge >= 0.3 is 0 Å². The zero-order valence-corrected chi connectivity index (χ0v) is 22.6. The van der Waals surface area contributed by atoms with Crippen molar-refractivity contribution in [1.29, 1.82) is 0 Å². The van der Waals surface area contributed by atoms with Crippen molar-refractivity contribution in [2.24, 2.45) is 0 Å². The fourth-order valence-electron chi connectivity index (χ4n) is 4.87. The molecule has 41 heavy (non-hydrogen) atoms. The number of aryl methyl sites for hydroxylation is 1. The lowest BCUT2D eigenvalue weighted by Gasteiger charge is -2.08. The summed E-state index contributed by atoms with van der Waals surface area (Å²) in [5.41, 5.74) is 5.71. The van der Waals surface area contributed by atoms with Crippen LogP contribution < -0.4 is 5.32 Å². The summed E-state index contributed by atoms with van der Waals surface area (Å²) >= 11 is 1.66. The number of hydrogen-bond acceptors (Lipinski definition) is 6. The molecule has 0 aliphatic rings. The van der Waals surface area contributed by atoms with Crippen LogP contribution in [-0.2, 0) is 11.2 Å². The summed E-state index contributed by atoms with van der Waals surface area (Å²) in [5.74, 6) is -0.0718. The smallest absolute Gasteiger partial charge is 0.228 e. The number of carbonyl (C=O) groups is 1. The van der Waals surface area contributed by atoms with Gasteiger partial charge in [-0.25, -0.2) is 9.37 Å². The summed E-state index contributed by atoms with van der Waals surface area (Å²) in [6, 6.07) is 20.3. The van der Waals surface area contributed by atoms with E-state index in [0.29, 0.717) is 39.2 Å². The van der Waals surface area contributed by atoms with Gasteiger partial charge in [0.25, 0.3) is 0 Å². The molecule has 10 heteroatoms. The number of aromatic amines is 2. The first-order chi connectivity index (χ1) is 20.0. The Kier molecular flexibility index (Phi) is 6.09. The predicted octanol–water partition coefficient (Wildman–Crippen LogP) is 6.92. The first-order valence-electron chi connectivity index (χ1n) is 12.9. The first-order valence-corrected chi connectivity index (χ1v) is 13.7. The molecule has 0 radical (unpaired) electrons. The molecule has 5 aromatic heterocycles. The van der Waals surface area contributed by atoms with Crippen molar-refractivity contribution in [2.45, 2.75) is 13.3 Å². The molecule has 0 saturated heterocycles. The number of pyridine rings is 2. The van der Waals surface area contributed by atoms with Crippen molar-refractivity contribution in [3.05, 3.63) is 102 Å². The molecule has 3 N–H and O–H groups in total. The number of benzene rings is 2. The lowest BCUT2D eigenvalue weighted by molar-refractivity contribution is -0.115. The molecule has 1 amide bonds. The molecule has 0 spiro atoms. The van der Waals surface area contributed by atoms with Gasteiger partial charge in [-0.1, -0.05) is 30.3 Å². The average Bonchev–Trinajstić information content (AvgIpc) is 3.70. The van der Waals surface area contributed by atoms with E-state index in [1.807, 2.05) is 42.5 Å². The average molecular weight is 560 g/mol. The van der Waals surface area contributed by atoms with E-state index in [1.165, 1.54) is 10.9 Å². The Morgan fingerprint density at radius 2 is 1.88 bits per heavy atom. The molecule has 0 unspecified atom stereocenters. The summed E-state index contributed by atoms with van der Waals surface area (Å²) in [7, 11) is 0. The fourth-order valence-corrected chi connectivity index (χ4v) is 5.74. The van der Waals surface area contributed by atoms with Gasteiger partial charge in [0.1, 0.15) is 22.7 Å². The van der Waals surface area contributed by atoms with Crippen molar-refractivity contribution in [3.63, 3.8) is 0 Å². The number of H-pyrrole nitrogens is 2. The van der Waals surface area contributed by atoms with E-state index in [9.17, 15) is 4.79 Å². The largest absolute Gasteiger partial charge is 0.336 e. The number of imidazole rings is 1. The minimum Gasteiger partial charge on any atom is -0.336 e. The van der Waals surface area contributed by atoms with Crippen LogP contribution in [0.3, 0.4) is 0 Å². The second kappa shape index (κ2) is 10.1. The van der Waals surface area contributed by atoms with Crippen LogP contribution in [0.4, 0.5) is 10.1 Å². The molecule has 200 valence electrons. The van der Waals surface area contributed by atoms with Crippen molar-refractivity contribution in [1.82, 2.24) is 30.1 Å². The molecule has 0 saturated carbocycles. The molecule has 7 aromatic rings. The summed E-state index contributed by atoms with van der Waals surface area (Å²) in [4.78, 5) is 31.8. The molecular formula is C31H22FN7OS. The van der Waals surface area contributed by atoms with E-state index >= 15 is 4.39 Å². The Balaban J connectivity index is 1.24. The van der Waals surface area contributed by atoms with Crippen LogP contribution in [0.25, 0.3) is 55.2 Å². The lowest BCUT2D eigenvalue weighted by Crippen LogP contribution is -2.14. The number of halogens is 1. The number of nitrogens with one attached hydrogen (secondary N) is 3. The third kappa shape index (κ3) is 4.74.